The van der Waals surface area contributed by atoms with Gasteiger partial charge < -0.3 is 4.74 Å². The average molecular weight is 360 g/mol. The minimum atomic E-state index is -0.485. The molecule has 1 aliphatic carbocycles. The smallest absolute Gasteiger partial charge is 0.358 e. The Hall–Kier alpha value is -2.47. The fourth-order valence-corrected chi connectivity index (χ4v) is 3.36. The van der Waals surface area contributed by atoms with Crippen LogP contribution < -0.4 is 0 Å². The number of halogens is 2. The molecule has 128 valence electrons. The van der Waals surface area contributed by atoms with Crippen molar-refractivity contribution in [3.8, 4) is 0 Å². The average Bonchev–Trinajstić information content (AvgIpc) is 3.26. The topological polar surface area (TPSA) is 56.5 Å². The Kier molecular flexibility index (Phi) is 3.92. The van der Waals surface area contributed by atoms with Crippen molar-refractivity contribution in [3.63, 3.8) is 0 Å². The van der Waals surface area contributed by atoms with Gasteiger partial charge in [-0.15, -0.1) is 0 Å². The van der Waals surface area contributed by atoms with Gasteiger partial charge >= 0.3 is 5.97 Å². The molecule has 25 heavy (non-hydrogen) atoms. The summed E-state index contributed by atoms with van der Waals surface area (Å²) >= 11 is 6.13. The van der Waals surface area contributed by atoms with E-state index in [-0.39, 0.29) is 30.0 Å². The van der Waals surface area contributed by atoms with Crippen LogP contribution in [0.15, 0.2) is 36.5 Å². The molecule has 0 amide bonds. The minimum Gasteiger partial charge on any atom is -0.461 e. The molecule has 4 rings (SSSR count). The Bertz CT molecular complexity index is 955. The van der Waals surface area contributed by atoms with Gasteiger partial charge in [0.2, 0.25) is 0 Å². The molecular formula is C18H15ClFN3O2. The van der Waals surface area contributed by atoms with Gasteiger partial charge in [0.05, 0.1) is 12.8 Å². The second-order valence-electron chi connectivity index (χ2n) is 6.04. The van der Waals surface area contributed by atoms with Gasteiger partial charge in [0, 0.05) is 5.56 Å². The molecule has 0 spiro atoms. The normalized spacial score (nSPS) is 19.2. The molecule has 1 aliphatic rings. The van der Waals surface area contributed by atoms with E-state index in [9.17, 15) is 9.18 Å². The second-order valence-corrected chi connectivity index (χ2v) is 6.42. The number of hydrogen-bond donors (Lipinski definition) is 0. The van der Waals surface area contributed by atoms with Crippen LogP contribution in [0.5, 0.6) is 0 Å². The molecular weight excluding hydrogens is 345 g/mol. The first-order valence-electron chi connectivity index (χ1n) is 8.05. The van der Waals surface area contributed by atoms with E-state index in [4.69, 9.17) is 16.3 Å². The lowest BCUT2D eigenvalue weighted by Gasteiger charge is -2.04. The number of rotatable bonds is 4. The predicted octanol–water partition coefficient (Wildman–Crippen LogP) is 3.97. The molecule has 0 N–H and O–H groups in total. The van der Waals surface area contributed by atoms with E-state index in [0.717, 1.165) is 17.5 Å². The van der Waals surface area contributed by atoms with Crippen molar-refractivity contribution in [2.45, 2.75) is 25.2 Å². The number of nitrogens with zero attached hydrogens (tertiary/aromatic N) is 3. The van der Waals surface area contributed by atoms with Crippen LogP contribution in [0.4, 0.5) is 4.39 Å². The van der Waals surface area contributed by atoms with Crippen molar-refractivity contribution in [2.75, 3.05) is 6.61 Å². The van der Waals surface area contributed by atoms with Gasteiger partial charge in [-0.05, 0) is 48.9 Å². The predicted molar refractivity (Wildman–Crippen MR) is 90.5 cm³/mol. The maximum absolute atomic E-state index is 13.1. The van der Waals surface area contributed by atoms with E-state index in [2.05, 4.69) is 10.1 Å². The van der Waals surface area contributed by atoms with Crippen LogP contribution in [-0.2, 0) is 4.74 Å². The van der Waals surface area contributed by atoms with Gasteiger partial charge in [-0.2, -0.15) is 5.10 Å². The van der Waals surface area contributed by atoms with Crippen LogP contribution in [0, 0.1) is 5.82 Å². The van der Waals surface area contributed by atoms with Gasteiger partial charge in [0.25, 0.3) is 0 Å². The van der Waals surface area contributed by atoms with Crippen LogP contribution in [0.3, 0.4) is 0 Å². The molecule has 1 saturated carbocycles. The summed E-state index contributed by atoms with van der Waals surface area (Å²) in [7, 11) is 0. The summed E-state index contributed by atoms with van der Waals surface area (Å²) < 4.78 is 19.6. The summed E-state index contributed by atoms with van der Waals surface area (Å²) in [5, 5.41) is 4.51. The number of esters is 1. The van der Waals surface area contributed by atoms with Crippen molar-refractivity contribution in [2.24, 2.45) is 0 Å². The highest BCUT2D eigenvalue weighted by Gasteiger charge is 2.41. The lowest BCUT2D eigenvalue weighted by Crippen LogP contribution is -2.04. The van der Waals surface area contributed by atoms with Crippen molar-refractivity contribution >= 4 is 23.2 Å². The van der Waals surface area contributed by atoms with Gasteiger partial charge in [-0.3, -0.25) is 0 Å². The number of ether oxygens (including phenoxy) is 1. The van der Waals surface area contributed by atoms with Crippen LogP contribution in [-0.4, -0.2) is 27.2 Å². The maximum atomic E-state index is 13.1. The first-order chi connectivity index (χ1) is 12.1. The van der Waals surface area contributed by atoms with Gasteiger partial charge in [0.15, 0.2) is 11.3 Å². The third-order valence-corrected chi connectivity index (χ3v) is 4.58. The number of carbonyl (C=O) groups is 1. The van der Waals surface area contributed by atoms with E-state index < -0.39 is 5.97 Å². The molecule has 0 radical (unpaired) electrons. The fraction of sp³-hybridized carbons (Fsp3) is 0.278. The van der Waals surface area contributed by atoms with Crippen LogP contribution >= 0.6 is 11.6 Å². The van der Waals surface area contributed by atoms with Gasteiger partial charge in [0.1, 0.15) is 11.0 Å². The highest BCUT2D eigenvalue weighted by atomic mass is 35.5. The standard InChI is InChI=1S/C18H15ClFN3O2/c1-2-25-18(24)15-9-23-17(21-15)14(8-16(19)22-23)13-7-12(13)10-3-5-11(20)6-4-10/h3-6,8-9,12-13H,2,7H2,1H3/t12?,13-/m0/s1. The molecule has 2 atom stereocenters. The SMILES string of the molecule is CCOC(=O)c1cn2nc(Cl)cc([C@H]3CC3c3ccc(F)cc3)c2n1. The summed E-state index contributed by atoms with van der Waals surface area (Å²) in [5.74, 6) is -0.236. The summed E-state index contributed by atoms with van der Waals surface area (Å²) in [6.07, 6.45) is 2.45. The maximum Gasteiger partial charge on any atom is 0.358 e. The second kappa shape index (κ2) is 6.11. The zero-order valence-electron chi connectivity index (χ0n) is 13.4. The Labute approximate surface area is 148 Å². The summed E-state index contributed by atoms with van der Waals surface area (Å²) in [6.45, 7) is 2.02. The monoisotopic (exact) mass is 359 g/mol. The molecule has 3 aromatic rings. The molecule has 1 unspecified atom stereocenters. The molecule has 1 aromatic carbocycles. The summed E-state index contributed by atoms with van der Waals surface area (Å²) in [5.41, 5.74) is 2.82. The van der Waals surface area contributed by atoms with Crippen molar-refractivity contribution in [1.82, 2.24) is 14.6 Å². The Morgan fingerprint density at radius 2 is 2.12 bits per heavy atom. The lowest BCUT2D eigenvalue weighted by molar-refractivity contribution is 0.0520. The number of benzene rings is 1. The fourth-order valence-electron chi connectivity index (χ4n) is 3.16. The first kappa shape index (κ1) is 16.0. The largest absolute Gasteiger partial charge is 0.461 e. The van der Waals surface area contributed by atoms with Crippen molar-refractivity contribution in [1.29, 1.82) is 0 Å². The quantitative estimate of drug-likeness (QED) is 0.661. The molecule has 1 fully saturated rings. The van der Waals surface area contributed by atoms with Gasteiger partial charge in [-0.1, -0.05) is 23.7 Å². The summed E-state index contributed by atoms with van der Waals surface area (Å²) in [4.78, 5) is 16.3. The molecule has 0 aliphatic heterocycles. The molecule has 7 heteroatoms. The van der Waals surface area contributed by atoms with E-state index in [1.807, 2.05) is 0 Å². The molecule has 0 bridgehead atoms. The van der Waals surface area contributed by atoms with Crippen molar-refractivity contribution < 1.29 is 13.9 Å². The van der Waals surface area contributed by atoms with Crippen LogP contribution in [0.25, 0.3) is 5.65 Å². The Morgan fingerprint density at radius 1 is 1.36 bits per heavy atom. The first-order valence-corrected chi connectivity index (χ1v) is 8.43. The summed E-state index contributed by atoms with van der Waals surface area (Å²) in [6, 6.07) is 8.32. The van der Waals surface area contributed by atoms with Crippen LogP contribution in [0.1, 0.15) is 46.8 Å². The Balaban J connectivity index is 1.70. The zero-order chi connectivity index (χ0) is 17.6. The van der Waals surface area contributed by atoms with E-state index in [1.165, 1.54) is 22.8 Å². The van der Waals surface area contributed by atoms with E-state index >= 15 is 0 Å². The molecule has 2 heterocycles. The third kappa shape index (κ3) is 2.98. The number of hydrogen-bond acceptors (Lipinski definition) is 4. The Morgan fingerprint density at radius 3 is 2.84 bits per heavy atom. The number of aromatic nitrogens is 3. The minimum absolute atomic E-state index is 0.205. The lowest BCUT2D eigenvalue weighted by atomic mass is 10.1. The van der Waals surface area contributed by atoms with Gasteiger partial charge in [-0.25, -0.2) is 18.7 Å². The number of carbonyl (C=O) groups excluding carboxylic acids is 1. The molecule has 2 aromatic heterocycles. The molecule has 5 nitrogen and oxygen atoms in total. The molecule has 0 saturated heterocycles. The third-order valence-electron chi connectivity index (χ3n) is 4.40. The van der Waals surface area contributed by atoms with E-state index in [1.54, 1.807) is 25.1 Å². The zero-order valence-corrected chi connectivity index (χ0v) is 14.2. The van der Waals surface area contributed by atoms with Crippen LogP contribution in [0.2, 0.25) is 5.15 Å². The highest BCUT2D eigenvalue weighted by molar-refractivity contribution is 6.29. The number of fused-ring (bicyclic) bond motifs is 1. The highest BCUT2D eigenvalue weighted by Crippen LogP contribution is 2.55. The van der Waals surface area contributed by atoms with Crippen molar-refractivity contribution in [3.05, 3.63) is 64.3 Å². The van der Waals surface area contributed by atoms with E-state index in [0.29, 0.717) is 10.8 Å². The number of imidazole rings is 1.